The minimum Gasteiger partial charge on any atom is -0.482 e. The van der Waals surface area contributed by atoms with E-state index in [1.807, 2.05) is 12.1 Å². The number of nitrogens with two attached hydrogens (primary N) is 1. The van der Waals surface area contributed by atoms with Gasteiger partial charge in [-0.1, -0.05) is 45.0 Å². The van der Waals surface area contributed by atoms with Gasteiger partial charge in [-0.15, -0.1) is 0 Å². The average molecular weight is 517 g/mol. The second-order valence-corrected chi connectivity index (χ2v) is 11.6. The van der Waals surface area contributed by atoms with Crippen molar-refractivity contribution in [1.82, 2.24) is 5.32 Å². The van der Waals surface area contributed by atoms with Gasteiger partial charge >= 0.3 is 6.18 Å². The van der Waals surface area contributed by atoms with Gasteiger partial charge < -0.3 is 20.9 Å². The highest BCUT2D eigenvalue weighted by molar-refractivity contribution is 7.85. The number of hydrogen-bond acceptors (Lipinski definition) is 5. The minimum atomic E-state index is -4.60. The van der Waals surface area contributed by atoms with E-state index in [0.717, 1.165) is 11.6 Å². The maximum atomic E-state index is 14.3. The van der Waals surface area contributed by atoms with Crippen LogP contribution in [0.15, 0.2) is 36.4 Å². The third-order valence-corrected chi connectivity index (χ3v) is 7.59. The lowest BCUT2D eigenvalue weighted by Crippen LogP contribution is -2.53. The third-order valence-electron chi connectivity index (χ3n) is 6.06. The molecule has 4 N–H and O–H groups in total. The molecule has 0 bridgehead atoms. The number of ether oxygens (including phenoxy) is 1. The molecule has 0 amide bonds. The molecule has 35 heavy (non-hydrogen) atoms. The summed E-state index contributed by atoms with van der Waals surface area (Å²) in [6.07, 6.45) is -5.36. The molecule has 5 nitrogen and oxygen atoms in total. The molecule has 0 unspecified atom stereocenters. The predicted octanol–water partition coefficient (Wildman–Crippen LogP) is 4.09. The van der Waals surface area contributed by atoms with Crippen molar-refractivity contribution in [3.8, 4) is 5.75 Å². The van der Waals surface area contributed by atoms with Crippen LogP contribution in [0.4, 0.5) is 23.2 Å². The van der Waals surface area contributed by atoms with Gasteiger partial charge in [0.1, 0.15) is 17.3 Å². The Bertz CT molecular complexity index is 1060. The van der Waals surface area contributed by atoms with E-state index >= 15 is 0 Å². The molecule has 3 rings (SSSR count). The van der Waals surface area contributed by atoms with Crippen LogP contribution >= 0.6 is 0 Å². The summed E-state index contributed by atoms with van der Waals surface area (Å²) in [5.74, 6) is -1.32. The van der Waals surface area contributed by atoms with Crippen LogP contribution in [0.2, 0.25) is 0 Å². The van der Waals surface area contributed by atoms with Crippen LogP contribution in [0.5, 0.6) is 5.75 Å². The molecular weight excluding hydrogens is 484 g/mol. The van der Waals surface area contributed by atoms with Crippen molar-refractivity contribution in [3.63, 3.8) is 0 Å². The number of aliphatic hydroxyl groups is 1. The van der Waals surface area contributed by atoms with E-state index < -0.39 is 58.9 Å². The highest BCUT2D eigenvalue weighted by Gasteiger charge is 2.36. The van der Waals surface area contributed by atoms with Crippen LogP contribution in [-0.4, -0.2) is 45.8 Å². The third kappa shape index (κ3) is 7.65. The van der Waals surface area contributed by atoms with Gasteiger partial charge in [0.05, 0.1) is 6.10 Å². The number of anilines is 1. The monoisotopic (exact) mass is 516 g/mol. The summed E-state index contributed by atoms with van der Waals surface area (Å²) in [6, 6.07) is 10.0. The SMILES string of the molecule is CC(C)(C)c1cccc(CN[C@H]2C[S@](=O)C[C@@H](Cc3cc(F)c(N)c(OCC(F)(F)F)c3)[C@@H]2O)c1. The first-order valence-corrected chi connectivity index (χ1v) is 12.8. The van der Waals surface area contributed by atoms with Gasteiger partial charge in [-0.2, -0.15) is 13.2 Å². The lowest BCUT2D eigenvalue weighted by Gasteiger charge is -2.35. The van der Waals surface area contributed by atoms with E-state index in [2.05, 4.69) is 43.0 Å². The Morgan fingerprint density at radius 1 is 1.14 bits per heavy atom. The summed E-state index contributed by atoms with van der Waals surface area (Å²) >= 11 is 0. The molecule has 0 spiro atoms. The van der Waals surface area contributed by atoms with Crippen molar-refractivity contribution in [2.45, 2.75) is 57.5 Å². The molecule has 2 aromatic rings. The Morgan fingerprint density at radius 3 is 2.51 bits per heavy atom. The second kappa shape index (κ2) is 10.8. The molecule has 10 heteroatoms. The fourth-order valence-electron chi connectivity index (χ4n) is 4.13. The zero-order valence-electron chi connectivity index (χ0n) is 20.0. The molecule has 194 valence electrons. The first kappa shape index (κ1) is 27.4. The van der Waals surface area contributed by atoms with E-state index in [1.165, 1.54) is 11.6 Å². The Balaban J connectivity index is 1.70. The van der Waals surface area contributed by atoms with Crippen LogP contribution in [0.25, 0.3) is 0 Å². The maximum Gasteiger partial charge on any atom is 0.422 e. The van der Waals surface area contributed by atoms with Crippen molar-refractivity contribution < 1.29 is 31.6 Å². The molecule has 0 aromatic heterocycles. The van der Waals surface area contributed by atoms with Crippen LogP contribution in [0.1, 0.15) is 37.5 Å². The molecule has 2 aromatic carbocycles. The predicted molar refractivity (Wildman–Crippen MR) is 129 cm³/mol. The van der Waals surface area contributed by atoms with Crippen LogP contribution in [0, 0.1) is 11.7 Å². The zero-order valence-corrected chi connectivity index (χ0v) is 20.8. The molecule has 1 aliphatic heterocycles. The van der Waals surface area contributed by atoms with Gasteiger partial charge in [0.25, 0.3) is 0 Å². The number of hydrogen-bond donors (Lipinski definition) is 3. The number of rotatable bonds is 7. The van der Waals surface area contributed by atoms with E-state index in [4.69, 9.17) is 5.73 Å². The molecule has 4 atom stereocenters. The number of nitrogens with one attached hydrogen (secondary N) is 1. The normalized spacial score (nSPS) is 23.3. The molecule has 0 radical (unpaired) electrons. The molecule has 1 heterocycles. The molecule has 1 saturated heterocycles. The average Bonchev–Trinajstić information content (AvgIpc) is 2.75. The van der Waals surface area contributed by atoms with Gasteiger partial charge in [0.2, 0.25) is 0 Å². The molecular formula is C25H32F4N2O3S. The standard InChI is InChI=1S/C25H32F4N2O3S/c1-24(2,3)18-6-4-5-15(8-18)11-31-20-13-35(33)12-17(23(20)32)7-16-9-19(26)22(30)21(10-16)34-14-25(27,28)29/h4-6,8-10,17,20,23,31-32H,7,11-14,30H2,1-3H3/t17-,20+,23+,35-/m1/s1. The number of halogens is 4. The number of nitrogen functional groups attached to an aromatic ring is 1. The summed E-state index contributed by atoms with van der Waals surface area (Å²) in [7, 11) is -1.22. The molecule has 1 fully saturated rings. The van der Waals surface area contributed by atoms with Crippen molar-refractivity contribution >= 4 is 16.5 Å². The minimum absolute atomic E-state index is 0.00995. The van der Waals surface area contributed by atoms with Crippen molar-refractivity contribution in [2.75, 3.05) is 23.8 Å². The van der Waals surface area contributed by atoms with Gasteiger partial charge in [-0.3, -0.25) is 4.21 Å². The largest absolute Gasteiger partial charge is 0.482 e. The molecule has 0 aliphatic carbocycles. The second-order valence-electron chi connectivity index (χ2n) is 10.1. The summed E-state index contributed by atoms with van der Waals surface area (Å²) in [4.78, 5) is 0. The summed E-state index contributed by atoms with van der Waals surface area (Å²) in [5, 5.41) is 14.3. The summed E-state index contributed by atoms with van der Waals surface area (Å²) < 4.78 is 69.1. The fourth-order valence-corrected chi connectivity index (χ4v) is 5.78. The smallest absolute Gasteiger partial charge is 0.422 e. The maximum absolute atomic E-state index is 14.3. The van der Waals surface area contributed by atoms with Crippen molar-refractivity contribution in [3.05, 3.63) is 58.9 Å². The van der Waals surface area contributed by atoms with Gasteiger partial charge in [-0.05, 0) is 40.7 Å². The number of alkyl halides is 3. The van der Waals surface area contributed by atoms with E-state index in [9.17, 15) is 26.9 Å². The topological polar surface area (TPSA) is 84.6 Å². The number of benzene rings is 2. The van der Waals surface area contributed by atoms with E-state index in [1.54, 1.807) is 0 Å². The number of aliphatic hydroxyl groups excluding tert-OH is 1. The van der Waals surface area contributed by atoms with E-state index in [0.29, 0.717) is 12.1 Å². The Kier molecular flexibility index (Phi) is 8.49. The van der Waals surface area contributed by atoms with Gasteiger partial charge in [0.15, 0.2) is 6.61 Å². The van der Waals surface area contributed by atoms with Crippen LogP contribution in [-0.2, 0) is 29.2 Å². The Morgan fingerprint density at radius 2 is 1.86 bits per heavy atom. The summed E-state index contributed by atoms with van der Waals surface area (Å²) in [6.45, 7) is 5.24. The lowest BCUT2D eigenvalue weighted by atomic mass is 9.86. The van der Waals surface area contributed by atoms with Crippen LogP contribution in [0.3, 0.4) is 0 Å². The first-order chi connectivity index (χ1) is 16.2. The zero-order chi connectivity index (χ0) is 26.0. The van der Waals surface area contributed by atoms with E-state index in [-0.39, 0.29) is 23.3 Å². The Labute approximate surface area is 205 Å². The summed E-state index contributed by atoms with van der Waals surface area (Å²) in [5.41, 5.74) is 7.54. The quantitative estimate of drug-likeness (QED) is 0.382. The Hall–Kier alpha value is -2.17. The highest BCUT2D eigenvalue weighted by atomic mass is 32.2. The first-order valence-electron chi connectivity index (χ1n) is 11.4. The molecule has 1 aliphatic rings. The highest BCUT2D eigenvalue weighted by Crippen LogP contribution is 2.31. The van der Waals surface area contributed by atoms with Gasteiger partial charge in [-0.25, -0.2) is 4.39 Å². The van der Waals surface area contributed by atoms with Crippen molar-refractivity contribution in [2.24, 2.45) is 5.92 Å². The van der Waals surface area contributed by atoms with Crippen molar-refractivity contribution in [1.29, 1.82) is 0 Å². The lowest BCUT2D eigenvalue weighted by molar-refractivity contribution is -0.153. The van der Waals surface area contributed by atoms with Crippen LogP contribution < -0.4 is 15.8 Å². The molecule has 0 saturated carbocycles. The fraction of sp³-hybridized carbons (Fsp3) is 0.520. The van der Waals surface area contributed by atoms with Gasteiger partial charge in [0, 0.05) is 40.8 Å².